The van der Waals surface area contributed by atoms with Crippen molar-refractivity contribution in [3.63, 3.8) is 0 Å². The average molecular weight is 379 g/mol. The van der Waals surface area contributed by atoms with Crippen LogP contribution in [0.25, 0.3) is 34.4 Å². The number of halogens is 2. The maximum atomic E-state index is 14.6. The van der Waals surface area contributed by atoms with Gasteiger partial charge in [0.05, 0.1) is 5.69 Å². The Balaban J connectivity index is 1.70. The first-order chi connectivity index (χ1) is 13.5. The van der Waals surface area contributed by atoms with E-state index in [1.807, 2.05) is 12.1 Å². The van der Waals surface area contributed by atoms with Crippen molar-refractivity contribution in [2.24, 2.45) is 5.92 Å². The second-order valence-electron chi connectivity index (χ2n) is 7.08. The third-order valence-corrected chi connectivity index (χ3v) is 4.35. The zero-order valence-electron chi connectivity index (χ0n) is 15.5. The largest absolute Gasteiger partial charge is 0.277 e. The van der Waals surface area contributed by atoms with Crippen LogP contribution in [-0.4, -0.2) is 25.4 Å². The van der Waals surface area contributed by atoms with E-state index in [0.717, 1.165) is 17.8 Å². The summed E-state index contributed by atoms with van der Waals surface area (Å²) in [5.41, 5.74) is 2.31. The third kappa shape index (κ3) is 3.69. The van der Waals surface area contributed by atoms with E-state index < -0.39 is 5.82 Å². The molecule has 0 fully saturated rings. The molecule has 2 N–H and O–H groups in total. The van der Waals surface area contributed by atoms with Crippen LogP contribution in [-0.2, 0) is 6.42 Å². The van der Waals surface area contributed by atoms with Gasteiger partial charge in [0.1, 0.15) is 17.2 Å². The molecular weight excluding hydrogens is 360 g/mol. The van der Waals surface area contributed by atoms with E-state index in [-0.39, 0.29) is 11.3 Å². The second-order valence-corrected chi connectivity index (χ2v) is 7.08. The van der Waals surface area contributed by atoms with Crippen molar-refractivity contribution >= 4 is 23.1 Å². The molecule has 2 heterocycles. The fourth-order valence-corrected chi connectivity index (χ4v) is 3.01. The molecule has 0 radical (unpaired) electrons. The highest BCUT2D eigenvalue weighted by molar-refractivity contribution is 5.92. The molecular formula is C21H19F2N5. The molecule has 0 spiro atoms. The van der Waals surface area contributed by atoms with Crippen LogP contribution in [0.3, 0.4) is 0 Å². The lowest BCUT2D eigenvalue weighted by atomic mass is 10.1. The number of nitrogens with one attached hydrogen (secondary N) is 2. The Bertz CT molecular complexity index is 1140. The molecule has 5 nitrogen and oxygen atoms in total. The zero-order chi connectivity index (χ0) is 19.7. The molecule has 0 atom stereocenters. The molecule has 0 aliphatic rings. The number of aromatic amines is 2. The maximum Gasteiger partial charge on any atom is 0.181 e. The van der Waals surface area contributed by atoms with Gasteiger partial charge in [0.2, 0.25) is 0 Å². The zero-order valence-corrected chi connectivity index (χ0v) is 15.5. The van der Waals surface area contributed by atoms with E-state index in [0.29, 0.717) is 28.4 Å². The van der Waals surface area contributed by atoms with Crippen LogP contribution in [0.5, 0.6) is 0 Å². The van der Waals surface area contributed by atoms with Crippen LogP contribution >= 0.6 is 0 Å². The topological polar surface area (TPSA) is 70.2 Å². The molecule has 2 aromatic carbocycles. The van der Waals surface area contributed by atoms with E-state index in [2.05, 4.69) is 39.2 Å². The lowest BCUT2D eigenvalue weighted by molar-refractivity contribution is 0.622. The number of nitrogens with zero attached hydrogens (tertiary/aromatic N) is 3. The van der Waals surface area contributed by atoms with Crippen LogP contribution in [0, 0.1) is 17.6 Å². The van der Waals surface area contributed by atoms with Crippen LogP contribution in [0.2, 0.25) is 0 Å². The van der Waals surface area contributed by atoms with Crippen molar-refractivity contribution in [3.05, 3.63) is 65.1 Å². The van der Waals surface area contributed by atoms with Gasteiger partial charge in [-0.05, 0) is 41.8 Å². The van der Waals surface area contributed by atoms with Crippen molar-refractivity contribution in [1.29, 1.82) is 0 Å². The molecule has 28 heavy (non-hydrogen) atoms. The number of hydrogen-bond acceptors (Lipinski definition) is 3. The van der Waals surface area contributed by atoms with Crippen LogP contribution < -0.4 is 0 Å². The standard InChI is InChI=1S/C21H19F2N5/c1-12(2)9-19-24-21(28-26-19)14-10-16-18(25-27-20(16)17(23)11-14)8-5-13-3-6-15(22)7-4-13/h3-8,10-12H,9H2,1-2H3,(H,25,27)(H,24,26,28)/b8-5+. The Morgan fingerprint density at radius 1 is 1.00 bits per heavy atom. The smallest absolute Gasteiger partial charge is 0.181 e. The summed E-state index contributed by atoms with van der Waals surface area (Å²) in [7, 11) is 0. The Labute approximate surface area is 160 Å². The number of hydrogen-bond donors (Lipinski definition) is 2. The molecule has 0 aliphatic heterocycles. The minimum atomic E-state index is -0.444. The van der Waals surface area contributed by atoms with Gasteiger partial charge in [-0.25, -0.2) is 13.8 Å². The summed E-state index contributed by atoms with van der Waals surface area (Å²) in [5, 5.41) is 14.7. The molecule has 2 aromatic heterocycles. The average Bonchev–Trinajstić information content (AvgIpc) is 3.28. The molecule has 142 valence electrons. The fourth-order valence-electron chi connectivity index (χ4n) is 3.01. The minimum Gasteiger partial charge on any atom is -0.277 e. The molecule has 0 bridgehead atoms. The normalized spacial score (nSPS) is 11.9. The summed E-state index contributed by atoms with van der Waals surface area (Å²) in [5.74, 6) is 0.928. The molecule has 7 heteroatoms. The Morgan fingerprint density at radius 3 is 2.54 bits per heavy atom. The van der Waals surface area contributed by atoms with E-state index in [1.165, 1.54) is 18.2 Å². The molecule has 0 amide bonds. The van der Waals surface area contributed by atoms with Crippen molar-refractivity contribution in [2.75, 3.05) is 0 Å². The Kier molecular flexibility index (Phi) is 4.73. The van der Waals surface area contributed by atoms with Gasteiger partial charge in [-0.1, -0.05) is 32.1 Å². The molecule has 0 unspecified atom stereocenters. The number of H-pyrrole nitrogens is 2. The lowest BCUT2D eigenvalue weighted by Gasteiger charge is -1.99. The lowest BCUT2D eigenvalue weighted by Crippen LogP contribution is -1.95. The Hall–Kier alpha value is -3.35. The van der Waals surface area contributed by atoms with E-state index in [1.54, 1.807) is 18.2 Å². The highest BCUT2D eigenvalue weighted by Gasteiger charge is 2.14. The quantitative estimate of drug-likeness (QED) is 0.513. The van der Waals surface area contributed by atoms with Gasteiger partial charge in [-0.2, -0.15) is 10.2 Å². The summed E-state index contributed by atoms with van der Waals surface area (Å²) in [4.78, 5) is 4.47. The summed E-state index contributed by atoms with van der Waals surface area (Å²) in [6.07, 6.45) is 4.37. The maximum absolute atomic E-state index is 14.6. The SMILES string of the molecule is CC(C)Cc1nc(-c2cc(F)c3n[nH]c(/C=C/c4ccc(F)cc4)c3c2)n[nH]1. The first-order valence-corrected chi connectivity index (χ1v) is 9.02. The van der Waals surface area contributed by atoms with Crippen LogP contribution in [0.1, 0.15) is 30.9 Å². The highest BCUT2D eigenvalue weighted by atomic mass is 19.1. The van der Waals surface area contributed by atoms with Gasteiger partial charge in [0.25, 0.3) is 0 Å². The number of rotatable bonds is 5. The van der Waals surface area contributed by atoms with E-state index >= 15 is 0 Å². The first kappa shape index (κ1) is 18.0. The second kappa shape index (κ2) is 7.34. The van der Waals surface area contributed by atoms with Crippen molar-refractivity contribution in [2.45, 2.75) is 20.3 Å². The minimum absolute atomic E-state index is 0.250. The van der Waals surface area contributed by atoms with Crippen molar-refractivity contribution < 1.29 is 8.78 Å². The highest BCUT2D eigenvalue weighted by Crippen LogP contribution is 2.27. The monoisotopic (exact) mass is 379 g/mol. The number of fused-ring (bicyclic) bond motifs is 1. The Morgan fingerprint density at radius 2 is 1.79 bits per heavy atom. The van der Waals surface area contributed by atoms with Crippen LogP contribution in [0.15, 0.2) is 36.4 Å². The first-order valence-electron chi connectivity index (χ1n) is 9.02. The van der Waals surface area contributed by atoms with Gasteiger partial charge in [-0.15, -0.1) is 0 Å². The predicted molar refractivity (Wildman–Crippen MR) is 105 cm³/mol. The van der Waals surface area contributed by atoms with E-state index in [4.69, 9.17) is 0 Å². The summed E-state index contributed by atoms with van der Waals surface area (Å²) in [6, 6.07) is 9.31. The van der Waals surface area contributed by atoms with Crippen LogP contribution in [0.4, 0.5) is 8.78 Å². The summed E-state index contributed by atoms with van der Waals surface area (Å²) < 4.78 is 27.6. The molecule has 0 saturated carbocycles. The predicted octanol–water partition coefficient (Wildman–Crippen LogP) is 5.00. The number of aromatic nitrogens is 5. The van der Waals surface area contributed by atoms with Gasteiger partial charge in [-0.3, -0.25) is 10.2 Å². The number of benzene rings is 2. The van der Waals surface area contributed by atoms with Gasteiger partial charge >= 0.3 is 0 Å². The van der Waals surface area contributed by atoms with Gasteiger partial charge in [0, 0.05) is 17.4 Å². The van der Waals surface area contributed by atoms with Gasteiger partial charge < -0.3 is 0 Å². The molecule has 0 saturated heterocycles. The third-order valence-electron chi connectivity index (χ3n) is 4.35. The molecule has 4 rings (SSSR count). The van der Waals surface area contributed by atoms with Crippen molar-refractivity contribution in [3.8, 4) is 11.4 Å². The summed E-state index contributed by atoms with van der Waals surface area (Å²) in [6.45, 7) is 4.19. The fraction of sp³-hybridized carbons (Fsp3) is 0.190. The summed E-state index contributed by atoms with van der Waals surface area (Å²) >= 11 is 0. The molecule has 0 aliphatic carbocycles. The molecule has 4 aromatic rings. The van der Waals surface area contributed by atoms with Gasteiger partial charge in [0.15, 0.2) is 11.6 Å². The van der Waals surface area contributed by atoms with Crippen molar-refractivity contribution in [1.82, 2.24) is 25.4 Å². The van der Waals surface area contributed by atoms with E-state index in [9.17, 15) is 8.78 Å².